The molecule has 1 heterocycles. The highest BCUT2D eigenvalue weighted by molar-refractivity contribution is 5.88. The van der Waals surface area contributed by atoms with Crippen molar-refractivity contribution in [2.75, 3.05) is 0 Å². The molecule has 29 heavy (non-hydrogen) atoms. The zero-order chi connectivity index (χ0) is 19.6. The SMILES string of the molecule is Oc1ccccc1C(C=C1c2ccccc2Oc2ccccc21)c1ccccc1. The van der Waals surface area contributed by atoms with Crippen LogP contribution in [0.4, 0.5) is 0 Å². The average Bonchev–Trinajstić information content (AvgIpc) is 2.78. The molecule has 5 rings (SSSR count). The third kappa shape index (κ3) is 3.19. The fourth-order valence-electron chi connectivity index (χ4n) is 3.94. The Balaban J connectivity index is 1.76. The Kier molecular flexibility index (Phi) is 4.38. The van der Waals surface area contributed by atoms with Crippen molar-refractivity contribution in [3.05, 3.63) is 131 Å². The number of phenols is 1. The minimum atomic E-state index is -0.0911. The second-order valence-electron chi connectivity index (χ2n) is 7.12. The summed E-state index contributed by atoms with van der Waals surface area (Å²) in [5, 5.41) is 10.6. The van der Waals surface area contributed by atoms with Crippen LogP contribution in [-0.2, 0) is 0 Å². The van der Waals surface area contributed by atoms with E-state index in [1.54, 1.807) is 6.07 Å². The molecule has 1 aliphatic heterocycles. The van der Waals surface area contributed by atoms with Crippen molar-refractivity contribution in [2.45, 2.75) is 5.92 Å². The number of hydrogen-bond acceptors (Lipinski definition) is 2. The summed E-state index contributed by atoms with van der Waals surface area (Å²) in [6.45, 7) is 0. The van der Waals surface area contributed by atoms with Gasteiger partial charge in [-0.05, 0) is 29.3 Å². The van der Waals surface area contributed by atoms with Gasteiger partial charge in [-0.1, -0.05) is 91.0 Å². The molecule has 140 valence electrons. The van der Waals surface area contributed by atoms with E-state index in [0.717, 1.165) is 39.3 Å². The van der Waals surface area contributed by atoms with E-state index in [-0.39, 0.29) is 5.92 Å². The van der Waals surface area contributed by atoms with Crippen molar-refractivity contribution in [1.29, 1.82) is 0 Å². The number of fused-ring (bicyclic) bond motifs is 2. The van der Waals surface area contributed by atoms with Gasteiger partial charge in [0.15, 0.2) is 0 Å². The first-order valence-corrected chi connectivity index (χ1v) is 9.72. The van der Waals surface area contributed by atoms with Crippen LogP contribution in [0.3, 0.4) is 0 Å². The van der Waals surface area contributed by atoms with Crippen molar-refractivity contribution in [2.24, 2.45) is 0 Å². The molecule has 0 bridgehead atoms. The van der Waals surface area contributed by atoms with Crippen LogP contribution in [0.1, 0.15) is 28.2 Å². The van der Waals surface area contributed by atoms with Crippen molar-refractivity contribution >= 4 is 5.57 Å². The fourth-order valence-corrected chi connectivity index (χ4v) is 3.94. The van der Waals surface area contributed by atoms with Crippen LogP contribution in [0.5, 0.6) is 17.2 Å². The van der Waals surface area contributed by atoms with Gasteiger partial charge < -0.3 is 9.84 Å². The number of para-hydroxylation sites is 3. The van der Waals surface area contributed by atoms with E-state index in [1.165, 1.54) is 0 Å². The number of phenolic OH excluding ortho intramolecular Hbond substituents is 1. The minimum absolute atomic E-state index is 0.0911. The predicted octanol–water partition coefficient (Wildman–Crippen LogP) is 6.76. The molecule has 1 unspecified atom stereocenters. The van der Waals surface area contributed by atoms with Crippen LogP contribution in [-0.4, -0.2) is 5.11 Å². The minimum Gasteiger partial charge on any atom is -0.508 e. The summed E-state index contributed by atoms with van der Waals surface area (Å²) in [6.07, 6.45) is 2.24. The van der Waals surface area contributed by atoms with Crippen molar-refractivity contribution < 1.29 is 9.84 Å². The lowest BCUT2D eigenvalue weighted by Gasteiger charge is -2.25. The second-order valence-corrected chi connectivity index (χ2v) is 7.12. The first kappa shape index (κ1) is 17.3. The maximum Gasteiger partial charge on any atom is 0.135 e. The molecule has 0 fully saturated rings. The quantitative estimate of drug-likeness (QED) is 0.377. The summed E-state index contributed by atoms with van der Waals surface area (Å²) >= 11 is 0. The Labute approximate surface area is 170 Å². The normalized spacial score (nSPS) is 13.0. The number of aromatic hydroxyl groups is 1. The molecule has 0 radical (unpaired) electrons. The largest absolute Gasteiger partial charge is 0.508 e. The van der Waals surface area contributed by atoms with Gasteiger partial charge in [-0.25, -0.2) is 0 Å². The van der Waals surface area contributed by atoms with Gasteiger partial charge in [-0.3, -0.25) is 0 Å². The molecule has 0 amide bonds. The highest BCUT2D eigenvalue weighted by atomic mass is 16.5. The Morgan fingerprint density at radius 3 is 1.83 bits per heavy atom. The molecular weight excluding hydrogens is 356 g/mol. The Bertz CT molecular complexity index is 1140. The van der Waals surface area contributed by atoms with E-state index in [4.69, 9.17) is 4.74 Å². The van der Waals surface area contributed by atoms with Gasteiger partial charge in [-0.2, -0.15) is 0 Å². The summed E-state index contributed by atoms with van der Waals surface area (Å²) in [7, 11) is 0. The van der Waals surface area contributed by atoms with Crippen LogP contribution < -0.4 is 4.74 Å². The number of ether oxygens (including phenoxy) is 1. The lowest BCUT2D eigenvalue weighted by atomic mass is 9.84. The zero-order valence-corrected chi connectivity index (χ0v) is 15.8. The van der Waals surface area contributed by atoms with Crippen molar-refractivity contribution in [3.63, 3.8) is 0 Å². The molecule has 0 aromatic heterocycles. The standard InChI is InChI=1S/C27H20O2/c28-25-15-7-4-12-20(25)23(19-10-2-1-3-11-19)18-24-21-13-5-8-16-26(21)29-27-17-9-6-14-22(24)27/h1-18,23,28H. The Morgan fingerprint density at radius 2 is 1.17 bits per heavy atom. The lowest BCUT2D eigenvalue weighted by Crippen LogP contribution is -2.05. The third-order valence-electron chi connectivity index (χ3n) is 5.34. The van der Waals surface area contributed by atoms with Gasteiger partial charge in [0.2, 0.25) is 0 Å². The van der Waals surface area contributed by atoms with Gasteiger partial charge >= 0.3 is 0 Å². The van der Waals surface area contributed by atoms with E-state index in [0.29, 0.717) is 5.75 Å². The van der Waals surface area contributed by atoms with Gasteiger partial charge in [0.1, 0.15) is 17.2 Å². The van der Waals surface area contributed by atoms with Crippen molar-refractivity contribution in [1.82, 2.24) is 0 Å². The van der Waals surface area contributed by atoms with E-state index in [1.807, 2.05) is 72.8 Å². The van der Waals surface area contributed by atoms with Gasteiger partial charge in [0, 0.05) is 22.6 Å². The fraction of sp³-hybridized carbons (Fsp3) is 0.0370. The zero-order valence-electron chi connectivity index (χ0n) is 15.8. The van der Waals surface area contributed by atoms with Crippen molar-refractivity contribution in [3.8, 4) is 17.2 Å². The predicted molar refractivity (Wildman–Crippen MR) is 116 cm³/mol. The lowest BCUT2D eigenvalue weighted by molar-refractivity contribution is 0.467. The maximum atomic E-state index is 10.6. The average molecular weight is 376 g/mol. The summed E-state index contributed by atoms with van der Waals surface area (Å²) in [6, 6.07) is 34.0. The molecule has 4 aromatic rings. The van der Waals surface area contributed by atoms with Crippen LogP contribution in [0.25, 0.3) is 5.57 Å². The van der Waals surface area contributed by atoms with Gasteiger partial charge in [0.25, 0.3) is 0 Å². The van der Waals surface area contributed by atoms with Gasteiger partial charge in [0.05, 0.1) is 0 Å². The van der Waals surface area contributed by atoms with Crippen LogP contribution in [0, 0.1) is 0 Å². The second kappa shape index (κ2) is 7.33. The molecule has 2 heteroatoms. The number of allylic oxidation sites excluding steroid dienone is 1. The number of hydrogen-bond donors (Lipinski definition) is 1. The smallest absolute Gasteiger partial charge is 0.135 e. The van der Waals surface area contributed by atoms with Crippen LogP contribution >= 0.6 is 0 Å². The monoisotopic (exact) mass is 376 g/mol. The van der Waals surface area contributed by atoms with E-state index < -0.39 is 0 Å². The van der Waals surface area contributed by atoms with Crippen LogP contribution in [0.2, 0.25) is 0 Å². The molecular formula is C27H20O2. The molecule has 4 aromatic carbocycles. The highest BCUT2D eigenvalue weighted by Gasteiger charge is 2.24. The molecule has 2 nitrogen and oxygen atoms in total. The first-order chi connectivity index (χ1) is 14.3. The number of benzene rings is 4. The van der Waals surface area contributed by atoms with E-state index in [9.17, 15) is 5.11 Å². The molecule has 1 aliphatic rings. The molecule has 1 N–H and O–H groups in total. The Morgan fingerprint density at radius 1 is 0.621 bits per heavy atom. The van der Waals surface area contributed by atoms with E-state index >= 15 is 0 Å². The molecule has 0 saturated carbocycles. The molecule has 0 saturated heterocycles. The summed E-state index contributed by atoms with van der Waals surface area (Å²) in [5.74, 6) is 1.90. The summed E-state index contributed by atoms with van der Waals surface area (Å²) in [5.41, 5.74) is 5.24. The molecule has 0 aliphatic carbocycles. The first-order valence-electron chi connectivity index (χ1n) is 9.72. The van der Waals surface area contributed by atoms with E-state index in [2.05, 4.69) is 30.3 Å². The summed E-state index contributed by atoms with van der Waals surface area (Å²) in [4.78, 5) is 0. The topological polar surface area (TPSA) is 29.5 Å². The third-order valence-corrected chi connectivity index (χ3v) is 5.34. The molecule has 1 atom stereocenters. The Hall–Kier alpha value is -3.78. The number of rotatable bonds is 3. The summed E-state index contributed by atoms with van der Waals surface area (Å²) < 4.78 is 6.13. The maximum absolute atomic E-state index is 10.6. The van der Waals surface area contributed by atoms with Crippen LogP contribution in [0.15, 0.2) is 109 Å². The molecule has 0 spiro atoms. The highest BCUT2D eigenvalue weighted by Crippen LogP contribution is 2.45. The van der Waals surface area contributed by atoms with Gasteiger partial charge in [-0.15, -0.1) is 0 Å².